The number of hydrogen-bond donors (Lipinski definition) is 1. The second kappa shape index (κ2) is 6.49. The summed E-state index contributed by atoms with van der Waals surface area (Å²) < 4.78 is 6.34. The molecule has 0 fully saturated rings. The number of carboxylic acid groups (broad SMARTS) is 1. The van der Waals surface area contributed by atoms with E-state index in [1.165, 1.54) is 11.3 Å². The lowest BCUT2D eigenvalue weighted by Crippen LogP contribution is -2.13. The minimum absolute atomic E-state index is 0.0225. The van der Waals surface area contributed by atoms with Gasteiger partial charge in [-0.3, -0.25) is 9.59 Å². The van der Waals surface area contributed by atoms with E-state index in [0.717, 1.165) is 20.7 Å². The summed E-state index contributed by atoms with van der Waals surface area (Å²) in [5, 5.41) is 9.83. The van der Waals surface area contributed by atoms with Gasteiger partial charge in [-0.05, 0) is 29.8 Å². The molecule has 0 aliphatic heterocycles. The van der Waals surface area contributed by atoms with E-state index in [-0.39, 0.29) is 12.2 Å². The summed E-state index contributed by atoms with van der Waals surface area (Å²) in [5.41, 5.74) is 0. The van der Waals surface area contributed by atoms with Crippen molar-refractivity contribution in [3.05, 3.63) is 23.1 Å². The number of aliphatic carboxylic acids is 1. The van der Waals surface area contributed by atoms with Crippen LogP contribution in [0.5, 0.6) is 5.75 Å². The number of carbonyl (C=O) groups excluding carboxylic acids is 1. The van der Waals surface area contributed by atoms with Gasteiger partial charge in [-0.1, -0.05) is 6.92 Å². The molecule has 0 unspecified atom stereocenters. The lowest BCUT2D eigenvalue weighted by Gasteiger charge is -2.05. The van der Waals surface area contributed by atoms with E-state index in [4.69, 9.17) is 9.84 Å². The number of Topliss-reactive ketones (excluding diaryl/α,β-unsaturated/α-hetero) is 1. The zero-order valence-electron chi connectivity index (χ0n) is 12.0. The quantitative estimate of drug-likeness (QED) is 0.644. The van der Waals surface area contributed by atoms with Crippen molar-refractivity contribution in [1.29, 1.82) is 0 Å². The van der Waals surface area contributed by atoms with E-state index in [1.807, 2.05) is 24.5 Å². The number of ketones is 1. The maximum atomic E-state index is 12.1. The van der Waals surface area contributed by atoms with Crippen LogP contribution in [-0.4, -0.2) is 30.2 Å². The molecular formula is C15H16O4S2. The topological polar surface area (TPSA) is 63.6 Å². The smallest absolute Gasteiger partial charge is 0.306 e. The Kier molecular flexibility index (Phi) is 4.90. The lowest BCUT2D eigenvalue weighted by molar-refractivity contribution is -0.141. The molecule has 6 heteroatoms. The van der Waals surface area contributed by atoms with Gasteiger partial charge < -0.3 is 9.84 Å². The Morgan fingerprint density at radius 3 is 2.67 bits per heavy atom. The average Bonchev–Trinajstić information content (AvgIpc) is 2.88. The van der Waals surface area contributed by atoms with Crippen LogP contribution in [0.3, 0.4) is 0 Å². The van der Waals surface area contributed by atoms with Gasteiger partial charge in [-0.2, -0.15) is 0 Å². The maximum absolute atomic E-state index is 12.1. The molecule has 1 heterocycles. The number of carboxylic acids is 1. The summed E-state index contributed by atoms with van der Waals surface area (Å²) in [4.78, 5) is 24.6. The molecule has 1 aromatic heterocycles. The van der Waals surface area contributed by atoms with Gasteiger partial charge in [0.25, 0.3) is 0 Å². The second-order valence-electron chi connectivity index (χ2n) is 4.72. The van der Waals surface area contributed by atoms with Gasteiger partial charge in [0, 0.05) is 11.1 Å². The highest BCUT2D eigenvalue weighted by atomic mass is 32.2. The van der Waals surface area contributed by atoms with Crippen LogP contribution < -0.4 is 4.74 Å². The van der Waals surface area contributed by atoms with Crippen molar-refractivity contribution in [2.75, 3.05) is 13.4 Å². The molecule has 1 aromatic carbocycles. The number of methoxy groups -OCH3 is 1. The molecule has 4 nitrogen and oxygen atoms in total. The van der Waals surface area contributed by atoms with Crippen molar-refractivity contribution in [3.8, 4) is 5.75 Å². The fourth-order valence-electron chi connectivity index (χ4n) is 1.97. The molecule has 0 bridgehead atoms. The van der Waals surface area contributed by atoms with Crippen LogP contribution in [0.4, 0.5) is 0 Å². The highest BCUT2D eigenvalue weighted by molar-refractivity contribution is 7.98. The molecule has 0 saturated heterocycles. The Bertz CT molecular complexity index is 649. The molecule has 0 aliphatic rings. The summed E-state index contributed by atoms with van der Waals surface area (Å²) in [6, 6.07) is 5.72. The van der Waals surface area contributed by atoms with Crippen molar-refractivity contribution in [3.63, 3.8) is 0 Å². The third kappa shape index (κ3) is 3.39. The van der Waals surface area contributed by atoms with Crippen LogP contribution in [0, 0.1) is 5.92 Å². The number of thiophene rings is 1. The molecule has 0 aliphatic carbocycles. The van der Waals surface area contributed by atoms with Gasteiger partial charge in [0.2, 0.25) is 0 Å². The molecule has 21 heavy (non-hydrogen) atoms. The molecule has 112 valence electrons. The summed E-state index contributed by atoms with van der Waals surface area (Å²) in [5.74, 6) is -0.962. The van der Waals surface area contributed by atoms with E-state index in [9.17, 15) is 9.59 Å². The fourth-order valence-corrected chi connectivity index (χ4v) is 3.66. The summed E-state index contributed by atoms with van der Waals surface area (Å²) >= 11 is 2.98. The summed E-state index contributed by atoms with van der Waals surface area (Å²) in [6.45, 7) is 1.54. The maximum Gasteiger partial charge on any atom is 0.306 e. The average molecular weight is 324 g/mol. The van der Waals surface area contributed by atoms with Crippen LogP contribution in [-0.2, 0) is 4.79 Å². The Morgan fingerprint density at radius 2 is 2.10 bits per heavy atom. The largest absolute Gasteiger partial charge is 0.496 e. The van der Waals surface area contributed by atoms with Crippen LogP contribution in [0.25, 0.3) is 10.1 Å². The first-order valence-corrected chi connectivity index (χ1v) is 8.42. The fraction of sp³-hybridized carbons (Fsp3) is 0.333. The standard InChI is InChI=1S/C15H16O4S2/c1-8(15(17)18)4-10(16)13-6-9-5-11(19-2)14(20-3)7-12(9)21-13/h5-8H,4H2,1-3H3,(H,17,18)/t8-/m0/s1. The zero-order valence-corrected chi connectivity index (χ0v) is 13.6. The lowest BCUT2D eigenvalue weighted by atomic mass is 10.0. The predicted octanol–water partition coefficient (Wildman–Crippen LogP) is 3.93. The Balaban J connectivity index is 2.34. The number of hydrogen-bond acceptors (Lipinski definition) is 5. The number of rotatable bonds is 6. The summed E-state index contributed by atoms with van der Waals surface area (Å²) in [6.07, 6.45) is 1.99. The number of benzene rings is 1. The van der Waals surface area contributed by atoms with Crippen LogP contribution in [0.2, 0.25) is 0 Å². The van der Waals surface area contributed by atoms with E-state index in [0.29, 0.717) is 4.88 Å². The molecule has 1 atom stereocenters. The molecule has 0 radical (unpaired) electrons. The first-order chi connectivity index (χ1) is 9.96. The number of fused-ring (bicyclic) bond motifs is 1. The molecule has 2 aromatic rings. The minimum atomic E-state index is -0.948. The van der Waals surface area contributed by atoms with Crippen molar-refractivity contribution < 1.29 is 19.4 Å². The predicted molar refractivity (Wildman–Crippen MR) is 85.9 cm³/mol. The zero-order chi connectivity index (χ0) is 15.6. The van der Waals surface area contributed by atoms with Gasteiger partial charge in [0.15, 0.2) is 5.78 Å². The van der Waals surface area contributed by atoms with Crippen molar-refractivity contribution in [2.24, 2.45) is 5.92 Å². The van der Waals surface area contributed by atoms with Gasteiger partial charge >= 0.3 is 5.97 Å². The van der Waals surface area contributed by atoms with E-state index < -0.39 is 11.9 Å². The molecule has 2 rings (SSSR count). The number of ether oxygens (including phenoxy) is 1. The Labute approximate surface area is 131 Å². The number of carbonyl (C=O) groups is 2. The highest BCUT2D eigenvalue weighted by Crippen LogP contribution is 2.36. The third-order valence-electron chi connectivity index (χ3n) is 3.21. The van der Waals surface area contributed by atoms with Crippen LogP contribution in [0.1, 0.15) is 23.0 Å². The van der Waals surface area contributed by atoms with Crippen molar-refractivity contribution in [2.45, 2.75) is 18.2 Å². The van der Waals surface area contributed by atoms with E-state index >= 15 is 0 Å². The summed E-state index contributed by atoms with van der Waals surface area (Å²) in [7, 11) is 1.62. The Hall–Kier alpha value is -1.53. The molecule has 0 saturated carbocycles. The molecular weight excluding hydrogens is 308 g/mol. The third-order valence-corrected chi connectivity index (χ3v) is 5.11. The van der Waals surface area contributed by atoms with Gasteiger partial charge in [-0.15, -0.1) is 23.1 Å². The molecule has 1 N–H and O–H groups in total. The number of thioether (sulfide) groups is 1. The minimum Gasteiger partial charge on any atom is -0.496 e. The van der Waals surface area contributed by atoms with Gasteiger partial charge in [0.1, 0.15) is 5.75 Å². The molecule has 0 amide bonds. The van der Waals surface area contributed by atoms with Crippen molar-refractivity contribution in [1.82, 2.24) is 0 Å². The first kappa shape index (κ1) is 15.9. The van der Waals surface area contributed by atoms with Crippen LogP contribution >= 0.6 is 23.1 Å². The highest BCUT2D eigenvalue weighted by Gasteiger charge is 2.19. The SMILES string of the molecule is COc1cc2cc(C(=O)C[C@H](C)C(=O)O)sc2cc1SC. The van der Waals surface area contributed by atoms with Gasteiger partial charge in [-0.25, -0.2) is 0 Å². The second-order valence-corrected chi connectivity index (χ2v) is 6.65. The van der Waals surface area contributed by atoms with Gasteiger partial charge in [0.05, 0.1) is 22.8 Å². The molecule has 0 spiro atoms. The van der Waals surface area contributed by atoms with Crippen molar-refractivity contribution >= 4 is 44.9 Å². The monoisotopic (exact) mass is 324 g/mol. The van der Waals surface area contributed by atoms with Crippen LogP contribution in [0.15, 0.2) is 23.1 Å². The van der Waals surface area contributed by atoms with E-state index in [2.05, 4.69) is 0 Å². The Morgan fingerprint density at radius 1 is 1.38 bits per heavy atom. The normalized spacial score (nSPS) is 12.3. The van der Waals surface area contributed by atoms with E-state index in [1.54, 1.807) is 25.8 Å². The first-order valence-electron chi connectivity index (χ1n) is 6.37.